The van der Waals surface area contributed by atoms with Crippen molar-refractivity contribution in [3.63, 3.8) is 0 Å². The Morgan fingerprint density at radius 3 is 2.50 bits per heavy atom. The van der Waals surface area contributed by atoms with Crippen molar-refractivity contribution in [2.75, 3.05) is 12.4 Å². The van der Waals surface area contributed by atoms with Crippen LogP contribution in [0.3, 0.4) is 0 Å². The summed E-state index contributed by atoms with van der Waals surface area (Å²) >= 11 is 0. The third kappa shape index (κ3) is 5.93. The first-order valence-corrected chi connectivity index (χ1v) is 7.97. The van der Waals surface area contributed by atoms with E-state index in [1.54, 1.807) is 7.11 Å². The van der Waals surface area contributed by atoms with Gasteiger partial charge in [0.15, 0.2) is 5.96 Å². The van der Waals surface area contributed by atoms with Crippen LogP contribution >= 0.6 is 0 Å². The zero-order valence-corrected chi connectivity index (χ0v) is 14.5. The van der Waals surface area contributed by atoms with Crippen LogP contribution in [0.15, 0.2) is 53.5 Å². The average molecular weight is 327 g/mol. The van der Waals surface area contributed by atoms with Gasteiger partial charge in [0.2, 0.25) is 0 Å². The van der Waals surface area contributed by atoms with Gasteiger partial charge in [-0.05, 0) is 49.2 Å². The van der Waals surface area contributed by atoms with Gasteiger partial charge in [-0.25, -0.2) is 4.99 Å². The van der Waals surface area contributed by atoms with E-state index in [4.69, 9.17) is 15.2 Å². The van der Waals surface area contributed by atoms with Crippen molar-refractivity contribution in [3.05, 3.63) is 59.7 Å². The number of hydrogen-bond donors (Lipinski definition) is 2. The molecule has 0 saturated carbocycles. The van der Waals surface area contributed by atoms with Gasteiger partial charge in [-0.3, -0.25) is 0 Å². The van der Waals surface area contributed by atoms with Gasteiger partial charge in [-0.2, -0.15) is 0 Å². The lowest BCUT2D eigenvalue weighted by Crippen LogP contribution is -2.22. The number of nitrogens with zero attached hydrogens (tertiary/aromatic N) is 1. The maximum absolute atomic E-state index is 5.95. The fraction of sp³-hybridized carbons (Fsp3) is 0.316. The van der Waals surface area contributed by atoms with Crippen molar-refractivity contribution in [2.24, 2.45) is 10.7 Å². The van der Waals surface area contributed by atoms with Gasteiger partial charge >= 0.3 is 0 Å². The number of nitrogens with two attached hydrogens (primary N) is 1. The fourth-order valence-corrected chi connectivity index (χ4v) is 2.24. The van der Waals surface area contributed by atoms with Crippen LogP contribution in [0.1, 0.15) is 25.0 Å². The number of nitrogens with one attached hydrogen (secondary N) is 1. The second kappa shape index (κ2) is 8.93. The Labute approximate surface area is 143 Å². The SMILES string of the molecule is COCc1cccc(CN=C(N)Nc2ccc(OC(C)C)cc2)c1. The van der Waals surface area contributed by atoms with E-state index in [1.165, 1.54) is 0 Å². The van der Waals surface area contributed by atoms with E-state index in [0.717, 1.165) is 22.6 Å². The van der Waals surface area contributed by atoms with Crippen molar-refractivity contribution in [1.82, 2.24) is 0 Å². The summed E-state index contributed by atoms with van der Waals surface area (Å²) in [6.45, 7) is 5.11. The third-order valence-corrected chi connectivity index (χ3v) is 3.23. The number of hydrogen-bond acceptors (Lipinski definition) is 3. The average Bonchev–Trinajstić information content (AvgIpc) is 2.55. The fourth-order valence-electron chi connectivity index (χ4n) is 2.24. The number of ether oxygens (including phenoxy) is 2. The molecule has 24 heavy (non-hydrogen) atoms. The van der Waals surface area contributed by atoms with E-state index in [1.807, 2.05) is 56.3 Å². The van der Waals surface area contributed by atoms with Gasteiger partial charge in [0.05, 0.1) is 19.3 Å². The van der Waals surface area contributed by atoms with Crippen LogP contribution in [-0.4, -0.2) is 19.2 Å². The van der Waals surface area contributed by atoms with Gasteiger partial charge in [-0.15, -0.1) is 0 Å². The van der Waals surface area contributed by atoms with Crippen molar-refractivity contribution in [3.8, 4) is 5.75 Å². The van der Waals surface area contributed by atoms with Crippen molar-refractivity contribution < 1.29 is 9.47 Å². The number of methoxy groups -OCH3 is 1. The Kier molecular flexibility index (Phi) is 6.63. The molecule has 0 aliphatic heterocycles. The van der Waals surface area contributed by atoms with Crippen LogP contribution in [0.5, 0.6) is 5.75 Å². The molecule has 0 amide bonds. The minimum absolute atomic E-state index is 0.157. The lowest BCUT2D eigenvalue weighted by Gasteiger charge is -2.11. The molecule has 0 aromatic heterocycles. The molecule has 0 heterocycles. The van der Waals surface area contributed by atoms with Crippen LogP contribution in [-0.2, 0) is 17.9 Å². The molecule has 2 aromatic rings. The molecule has 3 N–H and O–H groups in total. The summed E-state index contributed by atoms with van der Waals surface area (Å²) in [6.07, 6.45) is 0.157. The topological polar surface area (TPSA) is 68.9 Å². The first-order chi connectivity index (χ1) is 11.6. The van der Waals surface area contributed by atoms with Crippen LogP contribution in [0, 0.1) is 0 Å². The quantitative estimate of drug-likeness (QED) is 0.603. The monoisotopic (exact) mass is 327 g/mol. The zero-order valence-electron chi connectivity index (χ0n) is 14.5. The highest BCUT2D eigenvalue weighted by molar-refractivity contribution is 5.92. The van der Waals surface area contributed by atoms with Crippen molar-refractivity contribution in [1.29, 1.82) is 0 Å². The molecule has 5 nitrogen and oxygen atoms in total. The number of guanidine groups is 1. The van der Waals surface area contributed by atoms with E-state index in [9.17, 15) is 0 Å². The van der Waals surface area contributed by atoms with Gasteiger partial charge in [0, 0.05) is 12.8 Å². The van der Waals surface area contributed by atoms with E-state index >= 15 is 0 Å². The standard InChI is InChI=1S/C19H25N3O2/c1-14(2)24-18-9-7-17(8-10-18)22-19(20)21-12-15-5-4-6-16(11-15)13-23-3/h4-11,14H,12-13H2,1-3H3,(H3,20,21,22). The molecule has 0 aliphatic rings. The molecule has 0 atom stereocenters. The first kappa shape index (κ1) is 17.8. The molecule has 0 spiro atoms. The van der Waals surface area contributed by atoms with Crippen LogP contribution in [0.2, 0.25) is 0 Å². The Hall–Kier alpha value is -2.53. The van der Waals surface area contributed by atoms with E-state index in [2.05, 4.69) is 16.4 Å². The van der Waals surface area contributed by atoms with Gasteiger partial charge in [-0.1, -0.05) is 24.3 Å². The van der Waals surface area contributed by atoms with E-state index in [0.29, 0.717) is 19.1 Å². The maximum atomic E-state index is 5.95. The second-order valence-corrected chi connectivity index (χ2v) is 5.77. The molecule has 0 bridgehead atoms. The van der Waals surface area contributed by atoms with E-state index < -0.39 is 0 Å². The molecular weight excluding hydrogens is 302 g/mol. The number of aliphatic imine (C=N–C) groups is 1. The number of rotatable bonds is 7. The van der Waals surface area contributed by atoms with Gasteiger partial charge < -0.3 is 20.5 Å². The molecule has 0 unspecified atom stereocenters. The zero-order chi connectivity index (χ0) is 17.4. The van der Waals surface area contributed by atoms with Gasteiger partial charge in [0.25, 0.3) is 0 Å². The molecule has 2 rings (SSSR count). The maximum Gasteiger partial charge on any atom is 0.193 e. The molecule has 0 aliphatic carbocycles. The summed E-state index contributed by atoms with van der Waals surface area (Å²) in [5.74, 6) is 1.21. The van der Waals surface area contributed by atoms with Crippen molar-refractivity contribution >= 4 is 11.6 Å². The van der Waals surface area contributed by atoms with Gasteiger partial charge in [0.1, 0.15) is 5.75 Å². The molecular formula is C19H25N3O2. The summed E-state index contributed by atoms with van der Waals surface area (Å²) in [4.78, 5) is 4.37. The molecule has 5 heteroatoms. The lowest BCUT2D eigenvalue weighted by atomic mass is 10.1. The van der Waals surface area contributed by atoms with Crippen molar-refractivity contribution in [2.45, 2.75) is 33.1 Å². The third-order valence-electron chi connectivity index (χ3n) is 3.23. The number of benzene rings is 2. The summed E-state index contributed by atoms with van der Waals surface area (Å²) in [5, 5.41) is 3.08. The van der Waals surface area contributed by atoms with Crippen LogP contribution in [0.4, 0.5) is 5.69 Å². The number of anilines is 1. The smallest absolute Gasteiger partial charge is 0.193 e. The highest BCUT2D eigenvalue weighted by Gasteiger charge is 2.00. The highest BCUT2D eigenvalue weighted by Crippen LogP contribution is 2.16. The minimum Gasteiger partial charge on any atom is -0.491 e. The lowest BCUT2D eigenvalue weighted by molar-refractivity contribution is 0.185. The molecule has 2 aromatic carbocycles. The summed E-state index contributed by atoms with van der Waals surface area (Å²) in [5.41, 5.74) is 9.04. The predicted octanol–water partition coefficient (Wildman–Crippen LogP) is 3.55. The molecule has 128 valence electrons. The Morgan fingerprint density at radius 2 is 1.83 bits per heavy atom. The normalized spacial score (nSPS) is 11.6. The molecule has 0 saturated heterocycles. The molecule has 0 fully saturated rings. The summed E-state index contributed by atoms with van der Waals surface area (Å²) < 4.78 is 10.7. The first-order valence-electron chi connectivity index (χ1n) is 7.97. The minimum atomic E-state index is 0.157. The predicted molar refractivity (Wildman–Crippen MR) is 98.3 cm³/mol. The largest absolute Gasteiger partial charge is 0.491 e. The van der Waals surface area contributed by atoms with Crippen LogP contribution in [0.25, 0.3) is 0 Å². The summed E-state index contributed by atoms with van der Waals surface area (Å²) in [7, 11) is 1.68. The van der Waals surface area contributed by atoms with E-state index in [-0.39, 0.29) is 6.10 Å². The highest BCUT2D eigenvalue weighted by atomic mass is 16.5. The Bertz CT molecular complexity index is 667. The molecule has 0 radical (unpaired) electrons. The Balaban J connectivity index is 1.92. The van der Waals surface area contributed by atoms with Crippen LogP contribution < -0.4 is 15.8 Å². The second-order valence-electron chi connectivity index (χ2n) is 5.77. The Morgan fingerprint density at radius 1 is 1.12 bits per heavy atom. The summed E-state index contributed by atoms with van der Waals surface area (Å²) in [6, 6.07) is 15.8.